The van der Waals surface area contributed by atoms with E-state index in [0.717, 1.165) is 34.7 Å². The molecule has 0 fully saturated rings. The molecule has 3 aromatic rings. The molecule has 5 rings (SSSR count). The molecule has 0 bridgehead atoms. The summed E-state index contributed by atoms with van der Waals surface area (Å²) < 4.78 is 0. The van der Waals surface area contributed by atoms with Crippen molar-refractivity contribution in [2.45, 2.75) is 38.1 Å². The Morgan fingerprint density at radius 3 is 2.29 bits per heavy atom. The van der Waals surface area contributed by atoms with E-state index in [1.807, 2.05) is 85.4 Å². The maximum Gasteiger partial charge on any atom is 0.227 e. The van der Waals surface area contributed by atoms with Crippen molar-refractivity contribution in [3.8, 4) is 0 Å². The zero-order chi connectivity index (χ0) is 24.5. The van der Waals surface area contributed by atoms with Gasteiger partial charge in [-0.05, 0) is 47.7 Å². The summed E-state index contributed by atoms with van der Waals surface area (Å²) in [6, 6.07) is 25.8. The highest BCUT2D eigenvalue weighted by Gasteiger charge is 2.41. The van der Waals surface area contributed by atoms with E-state index in [-0.39, 0.29) is 17.6 Å². The first-order chi connectivity index (χ1) is 17.0. The maximum absolute atomic E-state index is 13.9. The number of nitrogens with zero attached hydrogens (tertiary/aromatic N) is 2. The molecular formula is C30H31N3O2. The lowest BCUT2D eigenvalue weighted by Gasteiger charge is -2.35. The first-order valence-corrected chi connectivity index (χ1v) is 12.2. The molecule has 178 valence electrons. The van der Waals surface area contributed by atoms with Gasteiger partial charge in [0.25, 0.3) is 0 Å². The molecule has 2 atom stereocenters. The summed E-state index contributed by atoms with van der Waals surface area (Å²) in [5.41, 5.74) is 6.45. The van der Waals surface area contributed by atoms with Crippen molar-refractivity contribution in [1.82, 2.24) is 0 Å². The molecule has 1 heterocycles. The number of hydrogen-bond acceptors (Lipinski definition) is 4. The van der Waals surface area contributed by atoms with Crippen molar-refractivity contribution in [2.75, 3.05) is 29.2 Å². The first-order valence-electron chi connectivity index (χ1n) is 12.2. The largest absolute Gasteiger partial charge is 0.378 e. The Hall–Kier alpha value is -3.86. The highest BCUT2D eigenvalue weighted by Crippen LogP contribution is 2.47. The molecule has 1 amide bonds. The Morgan fingerprint density at radius 1 is 0.914 bits per heavy atom. The SMILES string of the molecule is CCC(=O)N1c2ccccc2NC2=C(C(=O)C[C@@H](c3ccccc3)C2)[C@@H]1c1ccc(N(C)C)cc1. The van der Waals surface area contributed by atoms with Crippen molar-refractivity contribution in [3.05, 3.63) is 101 Å². The van der Waals surface area contributed by atoms with Crippen molar-refractivity contribution < 1.29 is 9.59 Å². The van der Waals surface area contributed by atoms with Gasteiger partial charge in [0.1, 0.15) is 0 Å². The van der Waals surface area contributed by atoms with E-state index >= 15 is 0 Å². The van der Waals surface area contributed by atoms with Crippen LogP contribution in [-0.4, -0.2) is 25.8 Å². The van der Waals surface area contributed by atoms with Gasteiger partial charge in [-0.25, -0.2) is 0 Å². The van der Waals surface area contributed by atoms with Crippen LogP contribution in [0.3, 0.4) is 0 Å². The Balaban J connectivity index is 1.70. The lowest BCUT2D eigenvalue weighted by molar-refractivity contribution is -0.119. The highest BCUT2D eigenvalue weighted by molar-refractivity contribution is 6.06. The number of amides is 1. The van der Waals surface area contributed by atoms with Crippen LogP contribution in [-0.2, 0) is 9.59 Å². The van der Waals surface area contributed by atoms with Gasteiger partial charge < -0.3 is 10.2 Å². The van der Waals surface area contributed by atoms with E-state index in [1.165, 1.54) is 5.56 Å². The van der Waals surface area contributed by atoms with Crippen LogP contribution in [0.15, 0.2) is 90.1 Å². The van der Waals surface area contributed by atoms with Crippen LogP contribution in [0.4, 0.5) is 17.1 Å². The van der Waals surface area contributed by atoms with Crippen molar-refractivity contribution in [2.24, 2.45) is 0 Å². The Bertz CT molecular complexity index is 1280. The van der Waals surface area contributed by atoms with Gasteiger partial charge in [0, 0.05) is 43.9 Å². The molecule has 5 nitrogen and oxygen atoms in total. The summed E-state index contributed by atoms with van der Waals surface area (Å²) in [4.78, 5) is 31.2. The molecule has 1 aliphatic heterocycles. The van der Waals surface area contributed by atoms with Gasteiger partial charge in [0.15, 0.2) is 5.78 Å². The number of para-hydroxylation sites is 2. The number of Topliss-reactive ketones (excluding diaryl/α,β-unsaturated/α-hetero) is 1. The normalized spacial score (nSPS) is 19.4. The molecule has 1 N–H and O–H groups in total. The molecule has 2 aliphatic rings. The number of carbonyl (C=O) groups is 2. The minimum absolute atomic E-state index is 0.00679. The van der Waals surface area contributed by atoms with E-state index in [4.69, 9.17) is 0 Å². The fourth-order valence-corrected chi connectivity index (χ4v) is 5.27. The number of carbonyl (C=O) groups excluding carboxylic acids is 2. The summed E-state index contributed by atoms with van der Waals surface area (Å²) in [6.45, 7) is 1.87. The molecule has 1 aliphatic carbocycles. The second-order valence-corrected chi connectivity index (χ2v) is 9.48. The topological polar surface area (TPSA) is 52.7 Å². The smallest absolute Gasteiger partial charge is 0.227 e. The third-order valence-corrected chi connectivity index (χ3v) is 7.06. The number of hydrogen-bond donors (Lipinski definition) is 1. The van der Waals surface area contributed by atoms with Crippen LogP contribution in [0.2, 0.25) is 0 Å². The van der Waals surface area contributed by atoms with Gasteiger partial charge in [-0.2, -0.15) is 0 Å². The summed E-state index contributed by atoms with van der Waals surface area (Å²) in [5.74, 6) is 0.191. The summed E-state index contributed by atoms with van der Waals surface area (Å²) in [6.07, 6.45) is 1.51. The fraction of sp³-hybridized carbons (Fsp3) is 0.267. The van der Waals surface area contributed by atoms with Crippen molar-refractivity contribution in [1.29, 1.82) is 0 Å². The maximum atomic E-state index is 13.9. The monoisotopic (exact) mass is 465 g/mol. The zero-order valence-corrected chi connectivity index (χ0v) is 20.5. The van der Waals surface area contributed by atoms with E-state index < -0.39 is 6.04 Å². The Kier molecular flexibility index (Phi) is 6.16. The predicted molar refractivity (Wildman–Crippen MR) is 142 cm³/mol. The summed E-state index contributed by atoms with van der Waals surface area (Å²) in [5, 5.41) is 3.59. The van der Waals surface area contributed by atoms with E-state index in [1.54, 1.807) is 0 Å². The molecule has 0 aromatic heterocycles. The number of fused-ring (bicyclic) bond motifs is 1. The van der Waals surface area contributed by atoms with Crippen LogP contribution >= 0.6 is 0 Å². The molecular weight excluding hydrogens is 434 g/mol. The third-order valence-electron chi connectivity index (χ3n) is 7.06. The second kappa shape index (κ2) is 9.41. The van der Waals surface area contributed by atoms with Gasteiger partial charge >= 0.3 is 0 Å². The van der Waals surface area contributed by atoms with Gasteiger partial charge in [0.05, 0.1) is 17.4 Å². The van der Waals surface area contributed by atoms with Crippen LogP contribution in [0.5, 0.6) is 0 Å². The lowest BCUT2D eigenvalue weighted by Crippen LogP contribution is -2.38. The third kappa shape index (κ3) is 4.23. The minimum atomic E-state index is -0.478. The Labute approximate surface area is 207 Å². The van der Waals surface area contributed by atoms with E-state index in [2.05, 4.69) is 29.6 Å². The van der Waals surface area contributed by atoms with Crippen LogP contribution in [0.25, 0.3) is 0 Å². The van der Waals surface area contributed by atoms with Gasteiger partial charge in [-0.3, -0.25) is 14.5 Å². The van der Waals surface area contributed by atoms with Crippen LogP contribution in [0, 0.1) is 0 Å². The standard InChI is InChI=1S/C30H31N3O2/c1-4-28(35)33-26-13-9-8-12-24(26)31-25-18-22(20-10-6-5-7-11-20)19-27(34)29(25)30(33)21-14-16-23(17-15-21)32(2)3/h5-17,22,30-31H,4,18-19H2,1-3H3/t22-,30-/m0/s1. The van der Waals surface area contributed by atoms with Gasteiger partial charge in [0.2, 0.25) is 5.91 Å². The number of benzene rings is 3. The molecule has 0 saturated heterocycles. The summed E-state index contributed by atoms with van der Waals surface area (Å²) in [7, 11) is 4.01. The number of anilines is 3. The molecule has 0 saturated carbocycles. The van der Waals surface area contributed by atoms with Gasteiger partial charge in [-0.15, -0.1) is 0 Å². The van der Waals surface area contributed by atoms with Crippen molar-refractivity contribution >= 4 is 28.8 Å². The highest BCUT2D eigenvalue weighted by atomic mass is 16.2. The molecule has 3 aromatic carbocycles. The van der Waals surface area contributed by atoms with E-state index in [0.29, 0.717) is 18.4 Å². The molecule has 0 radical (unpaired) electrons. The molecule has 5 heteroatoms. The average molecular weight is 466 g/mol. The lowest BCUT2D eigenvalue weighted by atomic mass is 9.78. The quantitative estimate of drug-likeness (QED) is 0.509. The molecule has 35 heavy (non-hydrogen) atoms. The Morgan fingerprint density at radius 2 is 1.60 bits per heavy atom. The zero-order valence-electron chi connectivity index (χ0n) is 20.5. The van der Waals surface area contributed by atoms with Crippen molar-refractivity contribution in [3.63, 3.8) is 0 Å². The first kappa shape index (κ1) is 22.9. The fourth-order valence-electron chi connectivity index (χ4n) is 5.27. The van der Waals surface area contributed by atoms with Gasteiger partial charge in [-0.1, -0.05) is 61.5 Å². The number of allylic oxidation sites excluding steroid dienone is 1. The average Bonchev–Trinajstić information content (AvgIpc) is 3.03. The second-order valence-electron chi connectivity index (χ2n) is 9.48. The number of nitrogens with one attached hydrogen (secondary N) is 1. The number of ketones is 1. The van der Waals surface area contributed by atoms with E-state index in [9.17, 15) is 9.59 Å². The molecule has 0 unspecified atom stereocenters. The minimum Gasteiger partial charge on any atom is -0.378 e. The predicted octanol–water partition coefficient (Wildman–Crippen LogP) is 6.06. The molecule has 0 spiro atoms. The summed E-state index contributed by atoms with van der Waals surface area (Å²) >= 11 is 0. The van der Waals surface area contributed by atoms with Crippen LogP contribution in [0.1, 0.15) is 49.3 Å². The number of rotatable bonds is 4. The van der Waals surface area contributed by atoms with Crippen LogP contribution < -0.4 is 15.1 Å².